The number of likely N-dealkylation sites (tertiary alicyclic amines) is 1. The predicted molar refractivity (Wildman–Crippen MR) is 79.9 cm³/mol. The number of piperidine rings is 1. The molecule has 2 rings (SSSR count). The van der Waals surface area contributed by atoms with Crippen LogP contribution in [0.15, 0.2) is 0 Å². The zero-order valence-corrected chi connectivity index (χ0v) is 13.1. The fourth-order valence-electron chi connectivity index (χ4n) is 2.86. The highest BCUT2D eigenvalue weighted by Gasteiger charge is 2.28. The van der Waals surface area contributed by atoms with Gasteiger partial charge < -0.3 is 20.6 Å². The number of hydrogen-bond donors (Lipinski definition) is 3. The van der Waals surface area contributed by atoms with Gasteiger partial charge in [-0.2, -0.15) is 0 Å². The summed E-state index contributed by atoms with van der Waals surface area (Å²) in [5.41, 5.74) is 0. The van der Waals surface area contributed by atoms with Crippen molar-refractivity contribution in [1.82, 2.24) is 15.5 Å². The molecule has 2 amide bonds. The first-order chi connectivity index (χ1) is 9.94. The minimum absolute atomic E-state index is 0.0107. The Balaban J connectivity index is 1.62. The molecule has 0 aromatic heterocycles. The van der Waals surface area contributed by atoms with E-state index >= 15 is 0 Å². The second-order valence-corrected chi connectivity index (χ2v) is 8.20. The fraction of sp³-hybridized carbons (Fsp3) is 0.923. The molecule has 2 heterocycles. The summed E-state index contributed by atoms with van der Waals surface area (Å²) in [5.74, 6) is 0.145. The minimum atomic E-state index is -2.99. The lowest BCUT2D eigenvalue weighted by molar-refractivity contribution is 0.101. The number of carbonyl (C=O) groups excluding carboxylic acids is 1. The van der Waals surface area contributed by atoms with E-state index in [1.807, 2.05) is 0 Å². The third kappa shape index (κ3) is 5.80. The largest absolute Gasteiger partial charge is 0.390 e. The van der Waals surface area contributed by atoms with Crippen LogP contribution in [0.3, 0.4) is 0 Å². The molecule has 122 valence electrons. The lowest BCUT2D eigenvalue weighted by atomic mass is 10.1. The lowest BCUT2D eigenvalue weighted by Crippen LogP contribution is -2.47. The number of rotatable bonds is 5. The molecule has 21 heavy (non-hydrogen) atoms. The van der Waals surface area contributed by atoms with Crippen molar-refractivity contribution in [1.29, 1.82) is 0 Å². The van der Waals surface area contributed by atoms with Gasteiger partial charge in [0.05, 0.1) is 17.6 Å². The number of hydrogen-bond acceptors (Lipinski definition) is 5. The maximum atomic E-state index is 11.7. The van der Waals surface area contributed by atoms with Crippen LogP contribution in [0.5, 0.6) is 0 Å². The normalized spacial score (nSPS) is 27.2. The molecular formula is C13H25N3O4S. The highest BCUT2D eigenvalue weighted by molar-refractivity contribution is 7.91. The molecule has 2 fully saturated rings. The number of aliphatic hydroxyl groups is 1. The first-order valence-electron chi connectivity index (χ1n) is 7.60. The number of amides is 2. The van der Waals surface area contributed by atoms with Crippen molar-refractivity contribution in [3.8, 4) is 0 Å². The summed E-state index contributed by atoms with van der Waals surface area (Å²) >= 11 is 0. The number of sulfone groups is 1. The van der Waals surface area contributed by atoms with Gasteiger partial charge in [-0.1, -0.05) is 6.42 Å². The molecule has 3 N–H and O–H groups in total. The Labute approximate surface area is 126 Å². The molecule has 0 radical (unpaired) electrons. The second-order valence-electron chi connectivity index (χ2n) is 5.97. The average Bonchev–Trinajstić information content (AvgIpc) is 2.77. The molecule has 8 heteroatoms. The van der Waals surface area contributed by atoms with Gasteiger partial charge in [0.15, 0.2) is 9.84 Å². The molecule has 2 saturated heterocycles. The fourth-order valence-corrected chi connectivity index (χ4v) is 4.53. The zero-order valence-electron chi connectivity index (χ0n) is 12.3. The monoisotopic (exact) mass is 319 g/mol. The predicted octanol–water partition coefficient (Wildman–Crippen LogP) is -0.680. The van der Waals surface area contributed by atoms with Crippen LogP contribution in [0, 0.1) is 0 Å². The van der Waals surface area contributed by atoms with Crippen molar-refractivity contribution in [2.75, 3.05) is 37.7 Å². The summed E-state index contributed by atoms with van der Waals surface area (Å²) in [6.07, 6.45) is 3.44. The van der Waals surface area contributed by atoms with Crippen LogP contribution in [-0.2, 0) is 9.84 Å². The molecule has 0 aromatic carbocycles. The highest BCUT2D eigenvalue weighted by atomic mass is 32.2. The van der Waals surface area contributed by atoms with Crippen LogP contribution in [-0.4, -0.2) is 74.3 Å². The Kier molecular flexibility index (Phi) is 5.83. The first kappa shape index (κ1) is 16.5. The molecule has 0 bridgehead atoms. The van der Waals surface area contributed by atoms with Crippen LogP contribution in [0.2, 0.25) is 0 Å². The van der Waals surface area contributed by atoms with E-state index in [1.165, 1.54) is 6.42 Å². The number of carbonyl (C=O) groups is 1. The van der Waals surface area contributed by atoms with Gasteiger partial charge in [-0.3, -0.25) is 0 Å². The maximum absolute atomic E-state index is 11.7. The number of urea groups is 1. The molecule has 0 aliphatic carbocycles. The molecule has 2 aliphatic rings. The van der Waals surface area contributed by atoms with Crippen molar-refractivity contribution in [3.05, 3.63) is 0 Å². The summed E-state index contributed by atoms with van der Waals surface area (Å²) in [6, 6.07) is -0.718. The van der Waals surface area contributed by atoms with E-state index in [4.69, 9.17) is 0 Å². The smallest absolute Gasteiger partial charge is 0.315 e. The van der Waals surface area contributed by atoms with Gasteiger partial charge in [-0.15, -0.1) is 0 Å². The SMILES string of the molecule is O=C(NC[C@H](O)CN1CCCCC1)N[C@@H]1CCS(=O)(=O)C1. The molecule has 0 saturated carbocycles. The van der Waals surface area contributed by atoms with Crippen molar-refractivity contribution in [2.24, 2.45) is 0 Å². The number of β-amino-alcohol motifs (C(OH)–C–C–N with tert-alkyl or cyclic N) is 1. The van der Waals surface area contributed by atoms with Gasteiger partial charge >= 0.3 is 6.03 Å². The summed E-state index contributed by atoms with van der Waals surface area (Å²) in [7, 11) is -2.99. The Bertz CT molecular complexity index is 448. The standard InChI is InChI=1S/C13H25N3O4S/c17-12(9-16-5-2-1-3-6-16)8-14-13(18)15-11-4-7-21(19,20)10-11/h11-12,17H,1-10H2,(H2,14,15,18)/t11-,12+/m1/s1. The van der Waals surface area contributed by atoms with Crippen molar-refractivity contribution in [3.63, 3.8) is 0 Å². The second kappa shape index (κ2) is 7.42. The van der Waals surface area contributed by atoms with E-state index in [-0.39, 0.29) is 24.1 Å². The Morgan fingerprint density at radius 3 is 2.62 bits per heavy atom. The van der Waals surface area contributed by atoms with E-state index in [2.05, 4.69) is 15.5 Å². The van der Waals surface area contributed by atoms with Gasteiger partial charge in [0, 0.05) is 19.1 Å². The zero-order chi connectivity index (χ0) is 15.3. The molecule has 0 spiro atoms. The Hall–Kier alpha value is -0.860. The Morgan fingerprint density at radius 1 is 1.29 bits per heavy atom. The molecule has 7 nitrogen and oxygen atoms in total. The van der Waals surface area contributed by atoms with Crippen LogP contribution in [0.4, 0.5) is 4.79 Å². The van der Waals surface area contributed by atoms with Crippen LogP contribution >= 0.6 is 0 Å². The van der Waals surface area contributed by atoms with Gasteiger partial charge in [-0.05, 0) is 32.4 Å². The number of nitrogens with zero attached hydrogens (tertiary/aromatic N) is 1. The molecular weight excluding hydrogens is 294 g/mol. The lowest BCUT2D eigenvalue weighted by Gasteiger charge is -2.28. The minimum Gasteiger partial charge on any atom is -0.390 e. The van der Waals surface area contributed by atoms with Gasteiger partial charge in [0.2, 0.25) is 0 Å². The molecule has 2 atom stereocenters. The maximum Gasteiger partial charge on any atom is 0.315 e. The third-order valence-electron chi connectivity index (χ3n) is 3.98. The van der Waals surface area contributed by atoms with Gasteiger partial charge in [0.25, 0.3) is 0 Å². The first-order valence-corrected chi connectivity index (χ1v) is 9.42. The van der Waals surface area contributed by atoms with Crippen LogP contribution < -0.4 is 10.6 Å². The molecule has 0 unspecified atom stereocenters. The van der Waals surface area contributed by atoms with Gasteiger partial charge in [0.1, 0.15) is 0 Å². The van der Waals surface area contributed by atoms with E-state index in [0.29, 0.717) is 13.0 Å². The summed E-state index contributed by atoms with van der Waals surface area (Å²) in [5, 5.41) is 15.2. The highest BCUT2D eigenvalue weighted by Crippen LogP contribution is 2.11. The molecule has 0 aromatic rings. The van der Waals surface area contributed by atoms with Crippen molar-refractivity contribution < 1.29 is 18.3 Å². The Morgan fingerprint density at radius 2 is 2.00 bits per heavy atom. The van der Waals surface area contributed by atoms with E-state index < -0.39 is 22.0 Å². The summed E-state index contributed by atoms with van der Waals surface area (Å²) in [6.45, 7) is 2.76. The molecule has 2 aliphatic heterocycles. The van der Waals surface area contributed by atoms with Crippen LogP contribution in [0.1, 0.15) is 25.7 Å². The van der Waals surface area contributed by atoms with Gasteiger partial charge in [-0.25, -0.2) is 13.2 Å². The topological polar surface area (TPSA) is 98.7 Å². The van der Waals surface area contributed by atoms with E-state index in [0.717, 1.165) is 25.9 Å². The van der Waals surface area contributed by atoms with Crippen molar-refractivity contribution in [2.45, 2.75) is 37.8 Å². The van der Waals surface area contributed by atoms with Crippen LogP contribution in [0.25, 0.3) is 0 Å². The average molecular weight is 319 g/mol. The van der Waals surface area contributed by atoms with Crippen molar-refractivity contribution >= 4 is 15.9 Å². The number of nitrogens with one attached hydrogen (secondary N) is 2. The number of aliphatic hydroxyl groups excluding tert-OH is 1. The van der Waals surface area contributed by atoms with E-state index in [9.17, 15) is 18.3 Å². The summed E-state index contributed by atoms with van der Waals surface area (Å²) in [4.78, 5) is 13.9. The van der Waals surface area contributed by atoms with E-state index in [1.54, 1.807) is 0 Å². The third-order valence-corrected chi connectivity index (χ3v) is 5.75. The summed E-state index contributed by atoms with van der Waals surface area (Å²) < 4.78 is 22.6. The quantitative estimate of drug-likeness (QED) is 0.624.